The van der Waals surface area contributed by atoms with Gasteiger partial charge in [0.1, 0.15) is 5.75 Å². The van der Waals surface area contributed by atoms with E-state index in [4.69, 9.17) is 4.74 Å². The van der Waals surface area contributed by atoms with Gasteiger partial charge in [-0.1, -0.05) is 35.4 Å². The van der Waals surface area contributed by atoms with Gasteiger partial charge < -0.3 is 10.1 Å². The smallest absolute Gasteiger partial charge is 0.264 e. The summed E-state index contributed by atoms with van der Waals surface area (Å²) in [7, 11) is -3.85. The molecule has 7 heteroatoms. The maximum Gasteiger partial charge on any atom is 0.264 e. The summed E-state index contributed by atoms with van der Waals surface area (Å²) in [4.78, 5) is 13.1. The topological polar surface area (TPSA) is 75.7 Å². The normalized spacial score (nSPS) is 18.6. The predicted molar refractivity (Wildman–Crippen MR) is 121 cm³/mol. The molecule has 0 unspecified atom stereocenters. The molecule has 2 aromatic carbocycles. The number of hydrogen-bond donors (Lipinski definition) is 1. The van der Waals surface area contributed by atoms with Crippen LogP contribution in [0.4, 0.5) is 5.69 Å². The number of aryl methyl sites for hydroxylation is 2. The van der Waals surface area contributed by atoms with E-state index in [-0.39, 0.29) is 17.3 Å². The minimum Gasteiger partial charge on any atom is -0.476 e. The Balaban J connectivity index is 1.61. The molecule has 1 heterocycles. The summed E-state index contributed by atoms with van der Waals surface area (Å²) in [6, 6.07) is 12.1. The quantitative estimate of drug-likeness (QED) is 0.716. The van der Waals surface area contributed by atoms with Crippen LogP contribution in [0.5, 0.6) is 5.75 Å². The minimum atomic E-state index is -3.85. The van der Waals surface area contributed by atoms with Gasteiger partial charge in [0.2, 0.25) is 0 Å². The first kappa shape index (κ1) is 21.4. The second kappa shape index (κ2) is 8.75. The Hall–Kier alpha value is -2.80. The van der Waals surface area contributed by atoms with Crippen LogP contribution >= 0.6 is 0 Å². The molecule has 1 aliphatic heterocycles. The molecule has 0 radical (unpaired) electrons. The second-order valence-corrected chi connectivity index (χ2v) is 10.1. The van der Waals surface area contributed by atoms with Crippen LogP contribution in [0.3, 0.4) is 0 Å². The lowest BCUT2D eigenvalue weighted by Gasteiger charge is -2.35. The van der Waals surface area contributed by atoms with Gasteiger partial charge in [-0.25, -0.2) is 8.42 Å². The first-order valence-electron chi connectivity index (χ1n) is 10.7. The molecule has 0 fully saturated rings. The average Bonchev–Trinajstić information content (AvgIpc) is 2.77. The number of amides is 1. The molecule has 0 saturated heterocycles. The third-order valence-electron chi connectivity index (χ3n) is 5.76. The van der Waals surface area contributed by atoms with E-state index in [1.807, 2.05) is 19.9 Å². The van der Waals surface area contributed by atoms with Gasteiger partial charge in [-0.3, -0.25) is 9.10 Å². The van der Waals surface area contributed by atoms with Crippen LogP contribution in [-0.2, 0) is 14.8 Å². The van der Waals surface area contributed by atoms with Gasteiger partial charge in [-0.2, -0.15) is 0 Å². The largest absolute Gasteiger partial charge is 0.476 e. The number of nitrogens with zero attached hydrogens (tertiary/aromatic N) is 1. The van der Waals surface area contributed by atoms with Crippen molar-refractivity contribution in [2.75, 3.05) is 17.4 Å². The van der Waals surface area contributed by atoms with Crippen LogP contribution in [0, 0.1) is 13.8 Å². The van der Waals surface area contributed by atoms with E-state index in [1.165, 1.54) is 16.3 Å². The Morgan fingerprint density at radius 1 is 1.10 bits per heavy atom. The van der Waals surface area contributed by atoms with Crippen molar-refractivity contribution in [2.24, 2.45) is 0 Å². The van der Waals surface area contributed by atoms with Crippen molar-refractivity contribution in [2.45, 2.75) is 50.5 Å². The highest BCUT2D eigenvalue weighted by Crippen LogP contribution is 2.37. The zero-order chi connectivity index (χ0) is 22.0. The lowest BCUT2D eigenvalue weighted by molar-refractivity contribution is -0.127. The van der Waals surface area contributed by atoms with Gasteiger partial charge in [-0.05, 0) is 69.4 Å². The van der Waals surface area contributed by atoms with E-state index in [2.05, 4.69) is 11.4 Å². The van der Waals surface area contributed by atoms with Gasteiger partial charge in [0, 0.05) is 6.54 Å². The van der Waals surface area contributed by atoms with Crippen LogP contribution in [0.2, 0.25) is 0 Å². The highest BCUT2D eigenvalue weighted by atomic mass is 32.2. The van der Waals surface area contributed by atoms with Crippen molar-refractivity contribution in [1.29, 1.82) is 0 Å². The molecule has 4 rings (SSSR count). The molecule has 164 valence electrons. The van der Waals surface area contributed by atoms with E-state index in [1.54, 1.807) is 36.4 Å². The highest BCUT2D eigenvalue weighted by molar-refractivity contribution is 7.92. The van der Waals surface area contributed by atoms with Crippen molar-refractivity contribution in [3.05, 3.63) is 65.2 Å². The monoisotopic (exact) mass is 440 g/mol. The number of fused-ring (bicyclic) bond motifs is 1. The molecule has 31 heavy (non-hydrogen) atoms. The van der Waals surface area contributed by atoms with Crippen molar-refractivity contribution >= 4 is 21.6 Å². The highest BCUT2D eigenvalue weighted by Gasteiger charge is 2.37. The van der Waals surface area contributed by atoms with E-state index in [9.17, 15) is 13.2 Å². The number of nitrogens with one attached hydrogen (secondary N) is 1. The third-order valence-corrected chi connectivity index (χ3v) is 7.55. The molecular weight excluding hydrogens is 412 g/mol. The Bertz CT molecular complexity index is 1110. The zero-order valence-corrected chi connectivity index (χ0v) is 18.7. The number of carbonyl (C=O) groups is 1. The van der Waals surface area contributed by atoms with Crippen LogP contribution in [0.15, 0.2) is 59.0 Å². The number of rotatable bonds is 5. The summed E-state index contributed by atoms with van der Waals surface area (Å²) in [6.07, 6.45) is 5.61. The Morgan fingerprint density at radius 2 is 1.84 bits per heavy atom. The van der Waals surface area contributed by atoms with Gasteiger partial charge in [0.15, 0.2) is 6.10 Å². The first-order chi connectivity index (χ1) is 14.8. The van der Waals surface area contributed by atoms with Crippen LogP contribution in [-0.4, -0.2) is 33.5 Å². The Kier molecular flexibility index (Phi) is 6.05. The molecule has 2 aromatic rings. The summed E-state index contributed by atoms with van der Waals surface area (Å²) in [5, 5.41) is 2.93. The lowest BCUT2D eigenvalue weighted by Crippen LogP contribution is -2.51. The predicted octanol–water partition coefficient (Wildman–Crippen LogP) is 3.88. The maximum absolute atomic E-state index is 13.5. The van der Waals surface area contributed by atoms with E-state index >= 15 is 0 Å². The van der Waals surface area contributed by atoms with Crippen molar-refractivity contribution < 1.29 is 17.9 Å². The fourth-order valence-electron chi connectivity index (χ4n) is 3.94. The van der Waals surface area contributed by atoms with Crippen LogP contribution < -0.4 is 14.4 Å². The number of benzene rings is 2. The molecular formula is C24H28N2O4S. The number of sulfonamides is 1. The van der Waals surface area contributed by atoms with Gasteiger partial charge in [0.25, 0.3) is 15.9 Å². The SMILES string of the molecule is Cc1ccc(S(=O)(=O)N2C[C@@H](C(=O)NCC3=CCCCC3)Oc3ccc(C)cc32)cc1. The molecule has 0 aromatic heterocycles. The average molecular weight is 441 g/mol. The number of carbonyl (C=O) groups excluding carboxylic acids is 1. The molecule has 1 amide bonds. The van der Waals surface area contributed by atoms with Crippen molar-refractivity contribution in [1.82, 2.24) is 5.32 Å². The summed E-state index contributed by atoms with van der Waals surface area (Å²) in [5.41, 5.74) is 3.57. The van der Waals surface area contributed by atoms with Crippen molar-refractivity contribution in [3.63, 3.8) is 0 Å². The second-order valence-electron chi connectivity index (χ2n) is 8.25. The molecule has 0 bridgehead atoms. The number of hydrogen-bond acceptors (Lipinski definition) is 4. The number of ether oxygens (including phenoxy) is 1. The summed E-state index contributed by atoms with van der Waals surface area (Å²) in [5.74, 6) is 0.0892. The fourth-order valence-corrected chi connectivity index (χ4v) is 5.41. The number of anilines is 1. The molecule has 0 saturated carbocycles. The summed E-state index contributed by atoms with van der Waals surface area (Å²) < 4.78 is 34.2. The zero-order valence-electron chi connectivity index (χ0n) is 17.9. The third kappa shape index (κ3) is 4.61. The Labute approximate surface area is 184 Å². The summed E-state index contributed by atoms with van der Waals surface area (Å²) >= 11 is 0. The standard InChI is InChI=1S/C24H28N2O4S/c1-17-8-11-20(12-9-17)31(28,29)26-16-23(30-22-13-10-18(2)14-21(22)26)24(27)25-15-19-6-4-3-5-7-19/h6,8-14,23H,3-5,7,15-16H2,1-2H3,(H,25,27)/t23-/m0/s1. The fraction of sp³-hybridized carbons (Fsp3) is 0.375. The minimum absolute atomic E-state index is 0.0719. The molecule has 1 aliphatic carbocycles. The van der Waals surface area contributed by atoms with Crippen LogP contribution in [0.25, 0.3) is 0 Å². The summed E-state index contributed by atoms with van der Waals surface area (Å²) in [6.45, 7) is 4.21. The molecule has 6 nitrogen and oxygen atoms in total. The van der Waals surface area contributed by atoms with Crippen LogP contribution in [0.1, 0.15) is 36.8 Å². The molecule has 1 atom stereocenters. The number of allylic oxidation sites excluding steroid dienone is 1. The molecule has 2 aliphatic rings. The van der Waals surface area contributed by atoms with E-state index < -0.39 is 16.1 Å². The van der Waals surface area contributed by atoms with Gasteiger partial charge in [0.05, 0.1) is 17.1 Å². The first-order valence-corrected chi connectivity index (χ1v) is 12.1. The molecule has 0 spiro atoms. The molecule has 1 N–H and O–H groups in total. The van der Waals surface area contributed by atoms with Gasteiger partial charge >= 0.3 is 0 Å². The maximum atomic E-state index is 13.5. The van der Waals surface area contributed by atoms with Crippen molar-refractivity contribution in [3.8, 4) is 5.75 Å². The van der Waals surface area contributed by atoms with Gasteiger partial charge in [-0.15, -0.1) is 0 Å². The lowest BCUT2D eigenvalue weighted by atomic mass is 10.00. The van der Waals surface area contributed by atoms with E-state index in [0.717, 1.165) is 30.4 Å². The van der Waals surface area contributed by atoms with E-state index in [0.29, 0.717) is 18.0 Å². The Morgan fingerprint density at radius 3 is 2.55 bits per heavy atom.